The minimum atomic E-state index is -3.31. The molecule has 0 spiro atoms. The van der Waals surface area contributed by atoms with Crippen molar-refractivity contribution in [1.29, 1.82) is 0 Å². The van der Waals surface area contributed by atoms with Gasteiger partial charge in [0.2, 0.25) is 10.0 Å². The van der Waals surface area contributed by atoms with Gasteiger partial charge in [-0.1, -0.05) is 13.8 Å². The summed E-state index contributed by atoms with van der Waals surface area (Å²) in [5.74, 6) is 0.0798. The topological polar surface area (TPSA) is 72.6 Å². The molecule has 0 aliphatic carbocycles. The Morgan fingerprint density at radius 1 is 1.44 bits per heavy atom. The van der Waals surface area contributed by atoms with E-state index in [2.05, 4.69) is 0 Å². The lowest BCUT2D eigenvalue weighted by Gasteiger charge is -2.38. The number of rotatable bonds is 7. The Hall–Kier alpha value is -0.170. The van der Waals surface area contributed by atoms with E-state index in [1.165, 1.54) is 0 Å². The molecular formula is C12H26N2O3S. The second-order valence-corrected chi connectivity index (χ2v) is 7.07. The molecule has 0 aromatic heterocycles. The van der Waals surface area contributed by atoms with Gasteiger partial charge in [0.25, 0.3) is 0 Å². The van der Waals surface area contributed by atoms with Crippen molar-refractivity contribution >= 4 is 10.0 Å². The van der Waals surface area contributed by atoms with E-state index in [0.717, 1.165) is 12.8 Å². The van der Waals surface area contributed by atoms with E-state index < -0.39 is 15.6 Å². The minimum Gasteiger partial charge on any atom is -0.377 e. The lowest BCUT2D eigenvalue weighted by Crippen LogP contribution is -2.55. The van der Waals surface area contributed by atoms with Gasteiger partial charge in [-0.15, -0.1) is 0 Å². The third-order valence-electron chi connectivity index (χ3n) is 3.85. The zero-order valence-electron chi connectivity index (χ0n) is 11.7. The second-order valence-electron chi connectivity index (χ2n) is 5.13. The van der Waals surface area contributed by atoms with Crippen molar-refractivity contribution in [3.05, 3.63) is 0 Å². The van der Waals surface area contributed by atoms with Gasteiger partial charge in [0.15, 0.2) is 0 Å². The van der Waals surface area contributed by atoms with Crippen LogP contribution in [-0.4, -0.2) is 49.8 Å². The molecule has 5 nitrogen and oxygen atoms in total. The molecule has 2 atom stereocenters. The maximum absolute atomic E-state index is 12.5. The highest BCUT2D eigenvalue weighted by molar-refractivity contribution is 7.89. The van der Waals surface area contributed by atoms with Gasteiger partial charge in [0, 0.05) is 25.2 Å². The standard InChI is InChI=1S/C12H26N2O3S/c1-4-12(3,10-13)14(5-2)18(15,16)9-11-7-6-8-17-11/h11H,4-10,13H2,1-3H3. The molecule has 2 unspecified atom stereocenters. The number of sulfonamides is 1. The van der Waals surface area contributed by atoms with Crippen molar-refractivity contribution < 1.29 is 13.2 Å². The predicted molar refractivity (Wildman–Crippen MR) is 72.9 cm³/mol. The highest BCUT2D eigenvalue weighted by Crippen LogP contribution is 2.24. The first-order valence-electron chi connectivity index (χ1n) is 6.71. The van der Waals surface area contributed by atoms with Gasteiger partial charge in [-0.3, -0.25) is 0 Å². The van der Waals surface area contributed by atoms with Crippen molar-refractivity contribution in [1.82, 2.24) is 4.31 Å². The van der Waals surface area contributed by atoms with Gasteiger partial charge < -0.3 is 10.5 Å². The van der Waals surface area contributed by atoms with Crippen LogP contribution in [0.2, 0.25) is 0 Å². The number of likely N-dealkylation sites (N-methyl/N-ethyl adjacent to an activating group) is 1. The summed E-state index contributed by atoms with van der Waals surface area (Å²) < 4.78 is 31.9. The highest BCUT2D eigenvalue weighted by Gasteiger charge is 2.38. The first-order chi connectivity index (χ1) is 8.39. The van der Waals surface area contributed by atoms with Crippen LogP contribution in [0.5, 0.6) is 0 Å². The van der Waals surface area contributed by atoms with Crippen molar-refractivity contribution in [2.24, 2.45) is 5.73 Å². The predicted octanol–water partition coefficient (Wildman–Crippen LogP) is 0.945. The average Bonchev–Trinajstić information content (AvgIpc) is 2.81. The molecule has 0 bridgehead atoms. The van der Waals surface area contributed by atoms with Crippen LogP contribution in [0.1, 0.15) is 40.0 Å². The quantitative estimate of drug-likeness (QED) is 0.752. The van der Waals surface area contributed by atoms with E-state index in [4.69, 9.17) is 10.5 Å². The first-order valence-corrected chi connectivity index (χ1v) is 8.32. The van der Waals surface area contributed by atoms with Crippen LogP contribution < -0.4 is 5.73 Å². The molecule has 0 aromatic rings. The summed E-state index contributed by atoms with van der Waals surface area (Å²) in [6.45, 7) is 7.20. The summed E-state index contributed by atoms with van der Waals surface area (Å²) in [5, 5.41) is 0. The SMILES string of the molecule is CCN(C(C)(CC)CN)S(=O)(=O)CC1CCCO1. The van der Waals surface area contributed by atoms with Gasteiger partial charge in [0.05, 0.1) is 11.9 Å². The van der Waals surface area contributed by atoms with Crippen LogP contribution in [0.3, 0.4) is 0 Å². The number of hydrogen-bond donors (Lipinski definition) is 1. The normalized spacial score (nSPS) is 24.4. The lowest BCUT2D eigenvalue weighted by atomic mass is 9.99. The zero-order chi connectivity index (χ0) is 13.8. The van der Waals surface area contributed by atoms with Crippen LogP contribution in [-0.2, 0) is 14.8 Å². The van der Waals surface area contributed by atoms with Gasteiger partial charge in [-0.05, 0) is 26.2 Å². The fraction of sp³-hybridized carbons (Fsp3) is 1.00. The number of nitrogens with zero attached hydrogens (tertiary/aromatic N) is 1. The van der Waals surface area contributed by atoms with Gasteiger partial charge in [-0.2, -0.15) is 4.31 Å². The molecule has 6 heteroatoms. The largest absolute Gasteiger partial charge is 0.377 e. The smallest absolute Gasteiger partial charge is 0.217 e. The first kappa shape index (κ1) is 15.9. The number of nitrogens with two attached hydrogens (primary N) is 1. The summed E-state index contributed by atoms with van der Waals surface area (Å²) in [6, 6.07) is 0. The molecule has 0 aromatic carbocycles. The molecule has 0 radical (unpaired) electrons. The molecule has 1 aliphatic heterocycles. The average molecular weight is 278 g/mol. The van der Waals surface area contributed by atoms with E-state index in [1.54, 1.807) is 4.31 Å². The molecule has 1 rings (SSSR count). The van der Waals surface area contributed by atoms with Crippen LogP contribution in [0.25, 0.3) is 0 Å². The highest BCUT2D eigenvalue weighted by atomic mass is 32.2. The third-order valence-corrected chi connectivity index (χ3v) is 6.01. The van der Waals surface area contributed by atoms with Gasteiger partial charge >= 0.3 is 0 Å². The molecule has 0 amide bonds. The van der Waals surface area contributed by atoms with Crippen molar-refractivity contribution in [2.45, 2.75) is 51.7 Å². The van der Waals surface area contributed by atoms with Crippen LogP contribution in [0, 0.1) is 0 Å². The van der Waals surface area contributed by atoms with E-state index in [1.807, 2.05) is 20.8 Å². The molecule has 1 saturated heterocycles. The Labute approximate surface area is 111 Å². The van der Waals surface area contributed by atoms with E-state index in [-0.39, 0.29) is 11.9 Å². The fourth-order valence-corrected chi connectivity index (χ4v) is 4.62. The lowest BCUT2D eigenvalue weighted by molar-refractivity contribution is 0.124. The summed E-state index contributed by atoms with van der Waals surface area (Å²) >= 11 is 0. The Balaban J connectivity index is 2.85. The Bertz CT molecular complexity index is 346. The number of hydrogen-bond acceptors (Lipinski definition) is 4. The van der Waals surface area contributed by atoms with Gasteiger partial charge in [-0.25, -0.2) is 8.42 Å². The molecule has 18 heavy (non-hydrogen) atoms. The Morgan fingerprint density at radius 3 is 2.50 bits per heavy atom. The van der Waals surface area contributed by atoms with Gasteiger partial charge in [0.1, 0.15) is 0 Å². The summed E-state index contributed by atoms with van der Waals surface area (Å²) in [7, 11) is -3.31. The van der Waals surface area contributed by atoms with Crippen LogP contribution >= 0.6 is 0 Å². The molecule has 1 aliphatic rings. The van der Waals surface area contributed by atoms with Crippen molar-refractivity contribution in [3.63, 3.8) is 0 Å². The van der Waals surface area contributed by atoms with Crippen molar-refractivity contribution in [3.8, 4) is 0 Å². The Kier molecular flexibility index (Phi) is 5.58. The van der Waals surface area contributed by atoms with E-state index in [0.29, 0.717) is 26.1 Å². The maximum atomic E-state index is 12.5. The van der Waals surface area contributed by atoms with E-state index >= 15 is 0 Å². The monoisotopic (exact) mass is 278 g/mol. The summed E-state index contributed by atoms with van der Waals surface area (Å²) in [6.07, 6.45) is 2.35. The third kappa shape index (κ3) is 3.44. The summed E-state index contributed by atoms with van der Waals surface area (Å²) in [4.78, 5) is 0. The number of ether oxygens (including phenoxy) is 1. The van der Waals surface area contributed by atoms with Crippen LogP contribution in [0.4, 0.5) is 0 Å². The van der Waals surface area contributed by atoms with Crippen LogP contribution in [0.15, 0.2) is 0 Å². The molecular weight excluding hydrogens is 252 g/mol. The van der Waals surface area contributed by atoms with Crippen molar-refractivity contribution in [2.75, 3.05) is 25.4 Å². The molecule has 108 valence electrons. The maximum Gasteiger partial charge on any atom is 0.217 e. The molecule has 1 fully saturated rings. The molecule has 2 N–H and O–H groups in total. The fourth-order valence-electron chi connectivity index (χ4n) is 2.44. The Morgan fingerprint density at radius 2 is 2.11 bits per heavy atom. The molecule has 0 saturated carbocycles. The second kappa shape index (κ2) is 6.32. The molecule has 1 heterocycles. The minimum absolute atomic E-state index is 0.0798. The van der Waals surface area contributed by atoms with E-state index in [9.17, 15) is 8.42 Å². The summed E-state index contributed by atoms with van der Waals surface area (Å²) in [5.41, 5.74) is 5.27. The zero-order valence-corrected chi connectivity index (χ0v) is 12.5.